The van der Waals surface area contributed by atoms with Crippen LogP contribution in [0.15, 0.2) is 146 Å². The third-order valence-electron chi connectivity index (χ3n) is 6.85. The highest BCUT2D eigenvalue weighted by Crippen LogP contribution is 2.23. The first-order chi connectivity index (χ1) is 21.6. The standard InChI is InChI=1S/C36H28N6O2/c43-35(41-31-13-9-29(10-14-31)39-33-17-21-37-22-18-33)27-5-1-25(2-6-27)26-3-7-28(8-4-26)36(44)42-32-15-11-30(12-16-32)40-34-19-23-38-24-20-34/h1-24H,(H,37,39)(H,38,40)(H,41,43)(H,42,44). The zero-order valence-corrected chi connectivity index (χ0v) is 23.6. The topological polar surface area (TPSA) is 108 Å². The van der Waals surface area contributed by atoms with Gasteiger partial charge in [-0.25, -0.2) is 0 Å². The van der Waals surface area contributed by atoms with Gasteiger partial charge in [0.25, 0.3) is 11.8 Å². The number of hydrogen-bond acceptors (Lipinski definition) is 6. The van der Waals surface area contributed by atoms with Gasteiger partial charge in [-0.1, -0.05) is 24.3 Å². The number of anilines is 6. The SMILES string of the molecule is O=C(Nc1ccc(Nc2ccncc2)cc1)c1ccc(-c2ccc(C(=O)Nc3ccc(Nc4ccncc4)cc3)cc2)cc1. The summed E-state index contributed by atoms with van der Waals surface area (Å²) in [5, 5.41) is 12.4. The Labute approximate surface area is 254 Å². The zero-order valence-electron chi connectivity index (χ0n) is 23.6. The Balaban J connectivity index is 1.02. The Morgan fingerprint density at radius 3 is 1.00 bits per heavy atom. The lowest BCUT2D eigenvalue weighted by Crippen LogP contribution is -2.12. The molecular weight excluding hydrogens is 548 g/mol. The molecule has 6 rings (SSSR count). The summed E-state index contributed by atoms with van der Waals surface area (Å²) in [6.07, 6.45) is 6.90. The van der Waals surface area contributed by atoms with Crippen molar-refractivity contribution in [2.24, 2.45) is 0 Å². The second-order valence-corrected chi connectivity index (χ2v) is 9.94. The van der Waals surface area contributed by atoms with Gasteiger partial charge >= 0.3 is 0 Å². The Bertz CT molecular complexity index is 1700. The number of nitrogens with one attached hydrogen (secondary N) is 4. The molecule has 8 nitrogen and oxygen atoms in total. The van der Waals surface area contributed by atoms with Gasteiger partial charge in [-0.05, 0) is 108 Å². The smallest absolute Gasteiger partial charge is 0.255 e. The molecule has 0 unspecified atom stereocenters. The minimum absolute atomic E-state index is 0.195. The summed E-state index contributed by atoms with van der Waals surface area (Å²) in [7, 11) is 0. The molecule has 4 aromatic carbocycles. The largest absolute Gasteiger partial charge is 0.355 e. The summed E-state index contributed by atoms with van der Waals surface area (Å²) in [5.74, 6) is -0.390. The Kier molecular flexibility index (Phi) is 8.32. The molecule has 0 aliphatic carbocycles. The third-order valence-corrected chi connectivity index (χ3v) is 6.85. The van der Waals surface area contributed by atoms with Crippen LogP contribution in [0.1, 0.15) is 20.7 Å². The van der Waals surface area contributed by atoms with Crippen LogP contribution in [-0.2, 0) is 0 Å². The van der Waals surface area contributed by atoms with E-state index >= 15 is 0 Å². The molecule has 0 radical (unpaired) electrons. The van der Waals surface area contributed by atoms with Gasteiger partial charge < -0.3 is 21.3 Å². The second-order valence-electron chi connectivity index (χ2n) is 9.94. The van der Waals surface area contributed by atoms with Gasteiger partial charge in [-0.3, -0.25) is 19.6 Å². The van der Waals surface area contributed by atoms with Gasteiger partial charge in [-0.2, -0.15) is 0 Å². The summed E-state index contributed by atoms with van der Waals surface area (Å²) >= 11 is 0. The van der Waals surface area contributed by atoms with Crippen LogP contribution in [0.3, 0.4) is 0 Å². The first-order valence-electron chi connectivity index (χ1n) is 14.0. The molecule has 0 saturated carbocycles. The van der Waals surface area contributed by atoms with Crippen LogP contribution in [0.2, 0.25) is 0 Å². The first kappa shape index (κ1) is 27.9. The van der Waals surface area contributed by atoms with Gasteiger partial charge in [0, 0.05) is 70.0 Å². The van der Waals surface area contributed by atoms with Crippen molar-refractivity contribution >= 4 is 45.9 Å². The van der Waals surface area contributed by atoms with Crippen LogP contribution < -0.4 is 21.3 Å². The summed E-state index contributed by atoms with van der Waals surface area (Å²) in [6.45, 7) is 0. The minimum atomic E-state index is -0.195. The predicted octanol–water partition coefficient (Wildman–Crippen LogP) is 8.14. The van der Waals surface area contributed by atoms with Crippen molar-refractivity contribution in [3.8, 4) is 11.1 Å². The number of pyridine rings is 2. The van der Waals surface area contributed by atoms with Gasteiger partial charge in [0.15, 0.2) is 0 Å². The molecule has 0 bridgehead atoms. The summed E-state index contributed by atoms with van der Waals surface area (Å²) < 4.78 is 0. The molecule has 2 heterocycles. The number of rotatable bonds is 9. The van der Waals surface area contributed by atoms with Gasteiger partial charge in [-0.15, -0.1) is 0 Å². The van der Waals surface area contributed by atoms with Crippen LogP contribution in [0.25, 0.3) is 11.1 Å². The molecule has 0 aliphatic rings. The van der Waals surface area contributed by atoms with E-state index in [-0.39, 0.29) is 11.8 Å². The number of nitrogens with zero attached hydrogens (tertiary/aromatic N) is 2. The molecule has 6 aromatic rings. The molecule has 0 aliphatic heterocycles. The lowest BCUT2D eigenvalue weighted by atomic mass is 10.0. The molecule has 0 spiro atoms. The molecule has 2 aromatic heterocycles. The molecule has 44 heavy (non-hydrogen) atoms. The first-order valence-corrected chi connectivity index (χ1v) is 14.0. The number of carbonyl (C=O) groups excluding carboxylic acids is 2. The van der Waals surface area contributed by atoms with E-state index < -0.39 is 0 Å². The number of hydrogen-bond donors (Lipinski definition) is 4. The maximum atomic E-state index is 12.8. The van der Waals surface area contributed by atoms with Gasteiger partial charge in [0.2, 0.25) is 0 Å². The fraction of sp³-hybridized carbons (Fsp3) is 0. The fourth-order valence-electron chi connectivity index (χ4n) is 4.51. The van der Waals surface area contributed by atoms with Crippen LogP contribution in [0.5, 0.6) is 0 Å². The van der Waals surface area contributed by atoms with Crippen LogP contribution in [-0.4, -0.2) is 21.8 Å². The van der Waals surface area contributed by atoms with Crippen molar-refractivity contribution in [3.63, 3.8) is 0 Å². The van der Waals surface area contributed by atoms with E-state index in [9.17, 15) is 9.59 Å². The van der Waals surface area contributed by atoms with E-state index in [1.807, 2.05) is 97.1 Å². The van der Waals surface area contributed by atoms with Crippen molar-refractivity contribution in [3.05, 3.63) is 157 Å². The molecule has 0 atom stereocenters. The highest BCUT2D eigenvalue weighted by molar-refractivity contribution is 6.05. The monoisotopic (exact) mass is 576 g/mol. The summed E-state index contributed by atoms with van der Waals surface area (Å²) in [4.78, 5) is 33.7. The summed E-state index contributed by atoms with van der Waals surface area (Å²) in [6, 6.07) is 37.3. The molecule has 214 valence electrons. The Morgan fingerprint density at radius 1 is 0.364 bits per heavy atom. The fourth-order valence-corrected chi connectivity index (χ4v) is 4.51. The number of amides is 2. The van der Waals surface area contributed by atoms with E-state index in [2.05, 4.69) is 31.2 Å². The van der Waals surface area contributed by atoms with Crippen LogP contribution in [0.4, 0.5) is 34.1 Å². The van der Waals surface area contributed by atoms with Gasteiger partial charge in [0.05, 0.1) is 0 Å². The lowest BCUT2D eigenvalue weighted by Gasteiger charge is -2.10. The molecule has 8 heteroatoms. The summed E-state index contributed by atoms with van der Waals surface area (Å²) in [5.41, 5.74) is 8.07. The zero-order chi connectivity index (χ0) is 30.1. The Morgan fingerprint density at radius 2 is 0.659 bits per heavy atom. The van der Waals surface area contributed by atoms with Crippen LogP contribution >= 0.6 is 0 Å². The maximum Gasteiger partial charge on any atom is 0.255 e. The van der Waals surface area contributed by atoms with Crippen molar-refractivity contribution in [1.82, 2.24) is 9.97 Å². The van der Waals surface area contributed by atoms with Crippen LogP contribution in [0, 0.1) is 0 Å². The van der Waals surface area contributed by atoms with E-state index in [1.165, 1.54) is 0 Å². The van der Waals surface area contributed by atoms with E-state index in [0.29, 0.717) is 22.5 Å². The maximum absolute atomic E-state index is 12.8. The van der Waals surface area contributed by atoms with E-state index in [0.717, 1.165) is 33.9 Å². The van der Waals surface area contributed by atoms with Crippen molar-refractivity contribution in [1.29, 1.82) is 0 Å². The predicted molar refractivity (Wildman–Crippen MR) is 176 cm³/mol. The van der Waals surface area contributed by atoms with Crippen molar-refractivity contribution in [2.45, 2.75) is 0 Å². The van der Waals surface area contributed by atoms with Crippen molar-refractivity contribution < 1.29 is 9.59 Å². The van der Waals surface area contributed by atoms with E-state index in [1.54, 1.807) is 49.1 Å². The minimum Gasteiger partial charge on any atom is -0.355 e. The lowest BCUT2D eigenvalue weighted by molar-refractivity contribution is 0.101. The molecule has 0 fully saturated rings. The van der Waals surface area contributed by atoms with Gasteiger partial charge in [0.1, 0.15) is 0 Å². The highest BCUT2D eigenvalue weighted by Gasteiger charge is 2.09. The van der Waals surface area contributed by atoms with Crippen molar-refractivity contribution in [2.75, 3.05) is 21.3 Å². The molecule has 2 amide bonds. The average molecular weight is 577 g/mol. The Hall–Kier alpha value is -6.28. The molecular formula is C36H28N6O2. The third kappa shape index (κ3) is 7.13. The highest BCUT2D eigenvalue weighted by atomic mass is 16.2. The normalized spacial score (nSPS) is 10.5. The second kappa shape index (κ2) is 13.1. The van der Waals surface area contributed by atoms with E-state index in [4.69, 9.17) is 0 Å². The average Bonchev–Trinajstić information content (AvgIpc) is 3.08. The number of benzene rings is 4. The number of aromatic nitrogens is 2. The quantitative estimate of drug-likeness (QED) is 0.138. The molecule has 4 N–H and O–H groups in total. The molecule has 0 saturated heterocycles. The number of carbonyl (C=O) groups is 2.